The Balaban J connectivity index is 2.15. The normalized spacial score (nSPS) is 38.7. The SMILES string of the molecule is C=C1CC[N+]2(CC(C)C)CCC[C@@H]12. The third-order valence-corrected chi connectivity index (χ3v) is 3.82. The molecule has 1 heteroatoms. The number of rotatable bonds is 2. The minimum Gasteiger partial charge on any atom is -0.317 e. The highest BCUT2D eigenvalue weighted by Crippen LogP contribution is 2.39. The monoisotopic (exact) mass is 180 g/mol. The molecule has 2 saturated heterocycles. The summed E-state index contributed by atoms with van der Waals surface area (Å²) in [6, 6.07) is 0.836. The number of fused-ring (bicyclic) bond motifs is 1. The molecule has 0 aromatic carbocycles. The Morgan fingerprint density at radius 2 is 2.23 bits per heavy atom. The maximum atomic E-state index is 4.23. The average Bonchev–Trinajstić information content (AvgIpc) is 2.52. The van der Waals surface area contributed by atoms with Crippen molar-refractivity contribution in [3.63, 3.8) is 0 Å². The van der Waals surface area contributed by atoms with Gasteiger partial charge in [-0.1, -0.05) is 20.4 Å². The molecule has 2 heterocycles. The van der Waals surface area contributed by atoms with E-state index in [2.05, 4.69) is 20.4 Å². The lowest BCUT2D eigenvalue weighted by molar-refractivity contribution is -0.927. The minimum absolute atomic E-state index is 0.836. The molecule has 2 atom stereocenters. The van der Waals surface area contributed by atoms with Crippen LogP contribution in [0.3, 0.4) is 0 Å². The van der Waals surface area contributed by atoms with Gasteiger partial charge in [0, 0.05) is 25.2 Å². The molecule has 2 aliphatic rings. The van der Waals surface area contributed by atoms with E-state index in [9.17, 15) is 0 Å². The Morgan fingerprint density at radius 3 is 2.92 bits per heavy atom. The Kier molecular flexibility index (Phi) is 2.23. The van der Waals surface area contributed by atoms with E-state index in [1.54, 1.807) is 0 Å². The number of hydrogen-bond acceptors (Lipinski definition) is 0. The van der Waals surface area contributed by atoms with Crippen LogP contribution in [0.4, 0.5) is 0 Å². The van der Waals surface area contributed by atoms with Gasteiger partial charge >= 0.3 is 0 Å². The highest BCUT2D eigenvalue weighted by atomic mass is 15.4. The lowest BCUT2D eigenvalue weighted by Crippen LogP contribution is -2.49. The molecule has 2 fully saturated rings. The van der Waals surface area contributed by atoms with E-state index in [1.807, 2.05) is 0 Å². The average molecular weight is 180 g/mol. The van der Waals surface area contributed by atoms with Gasteiger partial charge < -0.3 is 4.48 Å². The van der Waals surface area contributed by atoms with Crippen molar-refractivity contribution in [2.75, 3.05) is 19.6 Å². The first-order chi connectivity index (χ1) is 6.14. The van der Waals surface area contributed by atoms with Gasteiger partial charge in [-0.05, 0) is 5.57 Å². The summed E-state index contributed by atoms with van der Waals surface area (Å²) in [5.41, 5.74) is 1.54. The van der Waals surface area contributed by atoms with E-state index in [0.29, 0.717) is 0 Å². The van der Waals surface area contributed by atoms with Crippen LogP contribution in [0.1, 0.15) is 33.1 Å². The summed E-state index contributed by atoms with van der Waals surface area (Å²) < 4.78 is 1.39. The van der Waals surface area contributed by atoms with Gasteiger partial charge in [-0.3, -0.25) is 0 Å². The van der Waals surface area contributed by atoms with Gasteiger partial charge in [0.15, 0.2) is 0 Å². The van der Waals surface area contributed by atoms with Crippen molar-refractivity contribution in [1.82, 2.24) is 0 Å². The predicted octanol–water partition coefficient (Wildman–Crippen LogP) is 2.58. The first-order valence-electron chi connectivity index (χ1n) is 5.67. The molecule has 2 rings (SSSR count). The summed E-state index contributed by atoms with van der Waals surface area (Å²) in [6.45, 7) is 13.1. The van der Waals surface area contributed by atoms with Gasteiger partial charge in [-0.15, -0.1) is 0 Å². The number of hydrogen-bond donors (Lipinski definition) is 0. The zero-order valence-corrected chi connectivity index (χ0v) is 9.05. The van der Waals surface area contributed by atoms with Crippen molar-refractivity contribution in [3.8, 4) is 0 Å². The molecule has 1 unspecified atom stereocenters. The van der Waals surface area contributed by atoms with Crippen LogP contribution >= 0.6 is 0 Å². The lowest BCUT2D eigenvalue weighted by Gasteiger charge is -2.36. The molecule has 0 radical (unpaired) electrons. The smallest absolute Gasteiger partial charge is 0.111 e. The molecule has 1 nitrogen and oxygen atoms in total. The van der Waals surface area contributed by atoms with Crippen molar-refractivity contribution in [1.29, 1.82) is 0 Å². The minimum atomic E-state index is 0.836. The molecule has 74 valence electrons. The maximum Gasteiger partial charge on any atom is 0.111 e. The van der Waals surface area contributed by atoms with Crippen LogP contribution in [0, 0.1) is 5.92 Å². The van der Waals surface area contributed by atoms with E-state index in [0.717, 1.165) is 12.0 Å². The quantitative estimate of drug-likeness (QED) is 0.452. The second kappa shape index (κ2) is 3.13. The summed E-state index contributed by atoms with van der Waals surface area (Å²) in [5.74, 6) is 0.839. The molecule has 0 spiro atoms. The van der Waals surface area contributed by atoms with Crippen molar-refractivity contribution < 1.29 is 4.48 Å². The number of nitrogens with zero attached hydrogens (tertiary/aromatic N) is 1. The molecule has 0 aromatic rings. The zero-order chi connectivity index (χ0) is 9.47. The molecule has 0 N–H and O–H groups in total. The second-order valence-electron chi connectivity index (χ2n) is 5.31. The van der Waals surface area contributed by atoms with Crippen molar-refractivity contribution >= 4 is 0 Å². The third-order valence-electron chi connectivity index (χ3n) is 3.82. The van der Waals surface area contributed by atoms with Crippen LogP contribution < -0.4 is 0 Å². The molecule has 13 heavy (non-hydrogen) atoms. The van der Waals surface area contributed by atoms with Crippen LogP contribution in [0.15, 0.2) is 12.2 Å². The zero-order valence-electron chi connectivity index (χ0n) is 9.05. The molecular formula is C12H22N+. The molecule has 0 aromatic heterocycles. The molecular weight excluding hydrogens is 158 g/mol. The van der Waals surface area contributed by atoms with Crippen LogP contribution in [0.2, 0.25) is 0 Å². The predicted molar refractivity (Wildman–Crippen MR) is 56.5 cm³/mol. The van der Waals surface area contributed by atoms with Crippen LogP contribution in [0.25, 0.3) is 0 Å². The molecule has 0 bridgehead atoms. The Bertz CT molecular complexity index is 219. The fourth-order valence-electron chi connectivity index (χ4n) is 3.46. The largest absolute Gasteiger partial charge is 0.317 e. The molecule has 0 aliphatic carbocycles. The third kappa shape index (κ3) is 1.43. The van der Waals surface area contributed by atoms with Gasteiger partial charge in [0.2, 0.25) is 0 Å². The molecule has 0 saturated carbocycles. The van der Waals surface area contributed by atoms with E-state index in [1.165, 1.54) is 49.0 Å². The van der Waals surface area contributed by atoms with Gasteiger partial charge in [-0.25, -0.2) is 0 Å². The van der Waals surface area contributed by atoms with Crippen molar-refractivity contribution in [2.24, 2.45) is 5.92 Å². The van der Waals surface area contributed by atoms with E-state index >= 15 is 0 Å². The van der Waals surface area contributed by atoms with Crippen LogP contribution in [-0.2, 0) is 0 Å². The molecule has 0 amide bonds. The summed E-state index contributed by atoms with van der Waals surface area (Å²) in [6.07, 6.45) is 4.12. The second-order valence-corrected chi connectivity index (χ2v) is 5.31. The topological polar surface area (TPSA) is 0 Å². The fraction of sp³-hybridized carbons (Fsp3) is 0.833. The van der Waals surface area contributed by atoms with Crippen molar-refractivity contribution in [3.05, 3.63) is 12.2 Å². The highest BCUT2D eigenvalue weighted by molar-refractivity contribution is 5.08. The summed E-state index contributed by atoms with van der Waals surface area (Å²) >= 11 is 0. The van der Waals surface area contributed by atoms with Crippen LogP contribution in [0.5, 0.6) is 0 Å². The van der Waals surface area contributed by atoms with E-state index in [-0.39, 0.29) is 0 Å². The van der Waals surface area contributed by atoms with Crippen LogP contribution in [-0.4, -0.2) is 30.2 Å². The Labute approximate surface area is 82.0 Å². The summed E-state index contributed by atoms with van der Waals surface area (Å²) in [7, 11) is 0. The fourth-order valence-corrected chi connectivity index (χ4v) is 3.46. The summed E-state index contributed by atoms with van der Waals surface area (Å²) in [5, 5.41) is 0. The Morgan fingerprint density at radius 1 is 1.46 bits per heavy atom. The standard InChI is InChI=1S/C12H22N/c1-10(2)9-13-7-4-5-12(13)11(3)6-8-13/h10,12H,3-9H2,1-2H3/q+1/t12-,13?/m0/s1. The highest BCUT2D eigenvalue weighted by Gasteiger charge is 2.47. The number of quaternary nitrogens is 1. The summed E-state index contributed by atoms with van der Waals surface area (Å²) in [4.78, 5) is 0. The van der Waals surface area contributed by atoms with Gasteiger partial charge in [0.05, 0.1) is 19.6 Å². The lowest BCUT2D eigenvalue weighted by atomic mass is 10.1. The maximum absolute atomic E-state index is 4.23. The first-order valence-corrected chi connectivity index (χ1v) is 5.67. The van der Waals surface area contributed by atoms with Crippen molar-refractivity contribution in [2.45, 2.75) is 39.2 Å². The first kappa shape index (κ1) is 9.26. The Hall–Kier alpha value is -0.300. The molecule has 2 aliphatic heterocycles. The van der Waals surface area contributed by atoms with Gasteiger partial charge in [-0.2, -0.15) is 0 Å². The van der Waals surface area contributed by atoms with Gasteiger partial charge in [0.1, 0.15) is 6.04 Å². The van der Waals surface area contributed by atoms with E-state index < -0.39 is 0 Å². The van der Waals surface area contributed by atoms with E-state index in [4.69, 9.17) is 0 Å². The van der Waals surface area contributed by atoms with Gasteiger partial charge in [0.25, 0.3) is 0 Å².